The lowest BCUT2D eigenvalue weighted by Crippen LogP contribution is -2.43. The summed E-state index contributed by atoms with van der Waals surface area (Å²) in [7, 11) is -1.75. The highest BCUT2D eigenvalue weighted by Crippen LogP contribution is 2.40. The fourth-order valence-electron chi connectivity index (χ4n) is 1.67. The zero-order chi connectivity index (χ0) is 12.9. The summed E-state index contributed by atoms with van der Waals surface area (Å²) in [4.78, 5) is 0. The van der Waals surface area contributed by atoms with Gasteiger partial charge in [0.2, 0.25) is 0 Å². The van der Waals surface area contributed by atoms with Gasteiger partial charge in [-0.2, -0.15) is 0 Å². The van der Waals surface area contributed by atoms with E-state index in [1.54, 1.807) is 0 Å². The molecule has 1 rings (SSSR count). The monoisotopic (exact) mass is 248 g/mol. The highest BCUT2D eigenvalue weighted by atomic mass is 28.4. The van der Waals surface area contributed by atoms with E-state index in [1.165, 1.54) is 5.56 Å². The summed E-state index contributed by atoms with van der Waals surface area (Å²) in [6, 6.07) is 11.4. The second-order valence-electron chi connectivity index (χ2n) is 5.75. The maximum atomic E-state index is 6.29. The standard InChI is InChI=1S/C15H24OSi/c1-6-12-17(5,15(2,3)4)16-13-14-10-8-7-9-11-14/h6-11H,1,12-13H2,2-5H3. The Labute approximate surface area is 107 Å². The van der Waals surface area contributed by atoms with Gasteiger partial charge >= 0.3 is 0 Å². The van der Waals surface area contributed by atoms with Crippen molar-refractivity contribution in [2.75, 3.05) is 0 Å². The van der Waals surface area contributed by atoms with Crippen LogP contribution in [0, 0.1) is 0 Å². The third-order valence-corrected chi connectivity index (χ3v) is 8.54. The molecule has 94 valence electrons. The summed E-state index contributed by atoms with van der Waals surface area (Å²) in [5.74, 6) is 0. The highest BCUT2D eigenvalue weighted by molar-refractivity contribution is 6.75. The van der Waals surface area contributed by atoms with Crippen LogP contribution in [0.4, 0.5) is 0 Å². The Morgan fingerprint density at radius 1 is 1.24 bits per heavy atom. The van der Waals surface area contributed by atoms with Gasteiger partial charge in [-0.15, -0.1) is 6.58 Å². The molecule has 0 N–H and O–H groups in total. The summed E-state index contributed by atoms with van der Waals surface area (Å²) in [5, 5.41) is 0.232. The molecule has 0 aliphatic carbocycles. The molecule has 0 bridgehead atoms. The van der Waals surface area contributed by atoms with Gasteiger partial charge in [0.15, 0.2) is 8.32 Å². The molecule has 0 saturated heterocycles. The van der Waals surface area contributed by atoms with E-state index in [9.17, 15) is 0 Å². The van der Waals surface area contributed by atoms with Gasteiger partial charge in [0.25, 0.3) is 0 Å². The van der Waals surface area contributed by atoms with Crippen molar-refractivity contribution in [3.63, 3.8) is 0 Å². The molecule has 0 aliphatic rings. The Morgan fingerprint density at radius 2 is 1.82 bits per heavy atom. The molecule has 0 spiro atoms. The van der Waals surface area contributed by atoms with Crippen molar-refractivity contribution >= 4 is 8.32 Å². The van der Waals surface area contributed by atoms with Crippen molar-refractivity contribution in [3.8, 4) is 0 Å². The number of allylic oxidation sites excluding steroid dienone is 1. The van der Waals surface area contributed by atoms with E-state index < -0.39 is 8.32 Å². The summed E-state index contributed by atoms with van der Waals surface area (Å²) >= 11 is 0. The second kappa shape index (κ2) is 5.65. The Balaban J connectivity index is 2.72. The first-order valence-corrected chi connectivity index (χ1v) is 8.79. The Kier molecular flexibility index (Phi) is 4.72. The van der Waals surface area contributed by atoms with Crippen molar-refractivity contribution in [2.45, 2.75) is 45.0 Å². The average Bonchev–Trinajstić information content (AvgIpc) is 2.27. The molecule has 0 aromatic heterocycles. The third-order valence-electron chi connectivity index (χ3n) is 3.52. The van der Waals surface area contributed by atoms with Gasteiger partial charge in [-0.25, -0.2) is 0 Å². The first-order valence-electron chi connectivity index (χ1n) is 6.18. The predicted molar refractivity (Wildman–Crippen MR) is 77.6 cm³/mol. The molecule has 0 heterocycles. The van der Waals surface area contributed by atoms with Crippen LogP contribution in [-0.4, -0.2) is 8.32 Å². The molecule has 17 heavy (non-hydrogen) atoms. The predicted octanol–water partition coefficient (Wildman–Crippen LogP) is 4.76. The topological polar surface area (TPSA) is 9.23 Å². The first-order chi connectivity index (χ1) is 7.89. The third kappa shape index (κ3) is 3.82. The Bertz CT molecular complexity index is 353. The lowest BCUT2D eigenvalue weighted by molar-refractivity contribution is 0.273. The number of hydrogen-bond acceptors (Lipinski definition) is 1. The van der Waals surface area contributed by atoms with Crippen molar-refractivity contribution in [3.05, 3.63) is 48.6 Å². The minimum atomic E-state index is -1.75. The quantitative estimate of drug-likeness (QED) is 0.539. The molecule has 0 radical (unpaired) electrons. The maximum Gasteiger partial charge on any atom is 0.199 e. The van der Waals surface area contributed by atoms with Crippen LogP contribution < -0.4 is 0 Å². The van der Waals surface area contributed by atoms with E-state index in [1.807, 2.05) is 12.1 Å². The Morgan fingerprint density at radius 3 is 2.29 bits per heavy atom. The lowest BCUT2D eigenvalue weighted by Gasteiger charge is -2.38. The summed E-state index contributed by atoms with van der Waals surface area (Å²) in [6.07, 6.45) is 2.00. The number of rotatable bonds is 5. The van der Waals surface area contributed by atoms with Gasteiger partial charge in [0, 0.05) is 0 Å². The zero-order valence-electron chi connectivity index (χ0n) is 11.5. The smallest absolute Gasteiger partial charge is 0.199 e. The molecule has 0 fully saturated rings. The van der Waals surface area contributed by atoms with Gasteiger partial charge in [0.05, 0.1) is 6.61 Å². The van der Waals surface area contributed by atoms with E-state index >= 15 is 0 Å². The van der Waals surface area contributed by atoms with Gasteiger partial charge < -0.3 is 4.43 Å². The minimum Gasteiger partial charge on any atom is -0.412 e. The second-order valence-corrected chi connectivity index (χ2v) is 10.4. The van der Waals surface area contributed by atoms with Crippen molar-refractivity contribution < 1.29 is 4.43 Å². The summed E-state index contributed by atoms with van der Waals surface area (Å²) in [5.41, 5.74) is 1.25. The molecule has 2 heteroatoms. The molecule has 1 aromatic carbocycles. The molecule has 0 amide bonds. The summed E-state index contributed by atoms with van der Waals surface area (Å²) in [6.45, 7) is 13.7. The van der Waals surface area contributed by atoms with Gasteiger partial charge in [-0.1, -0.05) is 57.2 Å². The molecule has 0 saturated carbocycles. The van der Waals surface area contributed by atoms with E-state index in [0.29, 0.717) is 6.61 Å². The van der Waals surface area contributed by atoms with Gasteiger partial charge in [-0.05, 0) is 23.2 Å². The van der Waals surface area contributed by atoms with E-state index in [-0.39, 0.29) is 5.04 Å². The van der Waals surface area contributed by atoms with Crippen LogP contribution in [0.3, 0.4) is 0 Å². The molecule has 1 unspecified atom stereocenters. The Hall–Kier alpha value is -0.863. The summed E-state index contributed by atoms with van der Waals surface area (Å²) < 4.78 is 6.29. The van der Waals surface area contributed by atoms with Crippen molar-refractivity contribution in [1.82, 2.24) is 0 Å². The van der Waals surface area contributed by atoms with Crippen LogP contribution in [0.5, 0.6) is 0 Å². The van der Waals surface area contributed by atoms with Crippen LogP contribution in [-0.2, 0) is 11.0 Å². The molecule has 1 aromatic rings. The molecule has 0 aliphatic heterocycles. The van der Waals surface area contributed by atoms with E-state index in [2.05, 4.69) is 58.2 Å². The van der Waals surface area contributed by atoms with Crippen LogP contribution in [0.15, 0.2) is 43.0 Å². The van der Waals surface area contributed by atoms with E-state index in [4.69, 9.17) is 4.43 Å². The fraction of sp³-hybridized carbons (Fsp3) is 0.467. The van der Waals surface area contributed by atoms with E-state index in [0.717, 1.165) is 6.04 Å². The fourth-order valence-corrected chi connectivity index (χ4v) is 3.87. The number of benzene rings is 1. The van der Waals surface area contributed by atoms with Crippen LogP contribution >= 0.6 is 0 Å². The normalized spacial score (nSPS) is 15.3. The van der Waals surface area contributed by atoms with Gasteiger partial charge in [0.1, 0.15) is 0 Å². The number of hydrogen-bond donors (Lipinski definition) is 0. The van der Waals surface area contributed by atoms with Crippen molar-refractivity contribution in [2.24, 2.45) is 0 Å². The molecular formula is C15H24OSi. The van der Waals surface area contributed by atoms with Crippen LogP contribution in [0.1, 0.15) is 26.3 Å². The van der Waals surface area contributed by atoms with Crippen molar-refractivity contribution in [1.29, 1.82) is 0 Å². The maximum absolute atomic E-state index is 6.29. The molecule has 1 atom stereocenters. The zero-order valence-corrected chi connectivity index (χ0v) is 12.5. The highest BCUT2D eigenvalue weighted by Gasteiger charge is 2.40. The average molecular weight is 248 g/mol. The lowest BCUT2D eigenvalue weighted by atomic mass is 10.2. The minimum absolute atomic E-state index is 0.232. The first kappa shape index (κ1) is 14.2. The SMILES string of the molecule is C=CC[Si](C)(OCc1ccccc1)C(C)(C)C. The van der Waals surface area contributed by atoms with Crippen LogP contribution in [0.2, 0.25) is 17.6 Å². The molecular weight excluding hydrogens is 224 g/mol. The van der Waals surface area contributed by atoms with Crippen LogP contribution in [0.25, 0.3) is 0 Å². The molecule has 1 nitrogen and oxygen atoms in total. The largest absolute Gasteiger partial charge is 0.412 e. The van der Waals surface area contributed by atoms with Gasteiger partial charge in [-0.3, -0.25) is 0 Å².